The minimum atomic E-state index is -0.383. The van der Waals surface area contributed by atoms with Gasteiger partial charge < -0.3 is 4.90 Å². The second-order valence-corrected chi connectivity index (χ2v) is 5.54. The van der Waals surface area contributed by atoms with Crippen LogP contribution < -0.4 is 0 Å². The Kier molecular flexibility index (Phi) is 3.49. The minimum absolute atomic E-state index is 0.0788. The van der Waals surface area contributed by atoms with Gasteiger partial charge in [-0.15, -0.1) is 0 Å². The van der Waals surface area contributed by atoms with Crippen LogP contribution in [-0.4, -0.2) is 16.8 Å². The van der Waals surface area contributed by atoms with Crippen molar-refractivity contribution >= 4 is 17.0 Å². The Hall–Kier alpha value is -1.80. The third kappa shape index (κ3) is 2.32. The van der Waals surface area contributed by atoms with E-state index in [1.165, 1.54) is 16.7 Å². The zero-order chi connectivity index (χ0) is 14.1. The van der Waals surface area contributed by atoms with Gasteiger partial charge in [-0.2, -0.15) is 0 Å². The van der Waals surface area contributed by atoms with E-state index in [0.717, 1.165) is 12.0 Å². The van der Waals surface area contributed by atoms with E-state index in [9.17, 15) is 4.79 Å². The molecule has 0 spiro atoms. The van der Waals surface area contributed by atoms with Crippen molar-refractivity contribution in [2.45, 2.75) is 19.4 Å². The molecule has 102 valence electrons. The van der Waals surface area contributed by atoms with E-state index >= 15 is 0 Å². The van der Waals surface area contributed by atoms with Gasteiger partial charge in [0.2, 0.25) is 0 Å². The molecular weight excluding hydrogens is 270 g/mol. The molecule has 0 aromatic heterocycles. The maximum atomic E-state index is 11.8. The Labute approximate surface area is 124 Å². The van der Waals surface area contributed by atoms with Crippen molar-refractivity contribution in [1.82, 2.24) is 4.90 Å². The summed E-state index contributed by atoms with van der Waals surface area (Å²) in [5.74, 6) is 0. The smallest absolute Gasteiger partial charge is 0.317 e. The van der Waals surface area contributed by atoms with Crippen molar-refractivity contribution in [3.63, 3.8) is 0 Å². The molecular formula is C17H16ClNO. The monoisotopic (exact) mass is 285 g/mol. The van der Waals surface area contributed by atoms with Gasteiger partial charge in [-0.25, -0.2) is 0 Å². The van der Waals surface area contributed by atoms with Crippen molar-refractivity contribution in [2.75, 3.05) is 6.54 Å². The third-order valence-electron chi connectivity index (χ3n) is 3.87. The Morgan fingerprint density at radius 3 is 2.65 bits per heavy atom. The van der Waals surface area contributed by atoms with Crippen LogP contribution in [0.2, 0.25) is 0 Å². The maximum absolute atomic E-state index is 11.8. The van der Waals surface area contributed by atoms with Crippen molar-refractivity contribution in [1.29, 1.82) is 0 Å². The van der Waals surface area contributed by atoms with Gasteiger partial charge in [-0.3, -0.25) is 4.79 Å². The van der Waals surface area contributed by atoms with Gasteiger partial charge in [0, 0.05) is 6.54 Å². The molecule has 0 saturated carbocycles. The number of fused-ring (bicyclic) bond motifs is 1. The summed E-state index contributed by atoms with van der Waals surface area (Å²) < 4.78 is 0. The van der Waals surface area contributed by atoms with Gasteiger partial charge >= 0.3 is 5.37 Å². The van der Waals surface area contributed by atoms with Crippen LogP contribution in [0, 0.1) is 6.92 Å². The van der Waals surface area contributed by atoms with Gasteiger partial charge in [0.25, 0.3) is 0 Å². The zero-order valence-electron chi connectivity index (χ0n) is 11.3. The average molecular weight is 286 g/mol. The summed E-state index contributed by atoms with van der Waals surface area (Å²) >= 11 is 5.79. The van der Waals surface area contributed by atoms with Crippen LogP contribution in [0.1, 0.15) is 28.3 Å². The van der Waals surface area contributed by atoms with Crippen LogP contribution in [0.25, 0.3) is 0 Å². The standard InChI is InChI=1S/C17H16ClNO/c1-12-7-8-13-9-10-19(17(18)20)16(15(13)11-12)14-5-3-2-4-6-14/h2-8,11,16H,9-10H2,1H3. The van der Waals surface area contributed by atoms with Crippen molar-refractivity contribution in [3.8, 4) is 0 Å². The number of hydrogen-bond donors (Lipinski definition) is 0. The largest absolute Gasteiger partial charge is 0.318 e. The number of hydrogen-bond acceptors (Lipinski definition) is 1. The van der Waals surface area contributed by atoms with Crippen molar-refractivity contribution in [2.24, 2.45) is 0 Å². The van der Waals surface area contributed by atoms with E-state index in [-0.39, 0.29) is 11.4 Å². The van der Waals surface area contributed by atoms with Gasteiger partial charge in [0.15, 0.2) is 0 Å². The van der Waals surface area contributed by atoms with Gasteiger partial charge in [0.1, 0.15) is 0 Å². The molecule has 2 aromatic rings. The summed E-state index contributed by atoms with van der Waals surface area (Å²) in [4.78, 5) is 13.5. The molecule has 0 saturated heterocycles. The molecule has 3 rings (SSSR count). The molecule has 2 nitrogen and oxygen atoms in total. The summed E-state index contributed by atoms with van der Waals surface area (Å²) in [6, 6.07) is 16.5. The average Bonchev–Trinajstić information content (AvgIpc) is 2.46. The van der Waals surface area contributed by atoms with Crippen molar-refractivity contribution < 1.29 is 4.79 Å². The van der Waals surface area contributed by atoms with E-state index in [1.54, 1.807) is 4.90 Å². The lowest BCUT2D eigenvalue weighted by molar-refractivity contribution is 0.204. The van der Waals surface area contributed by atoms with E-state index in [1.807, 2.05) is 18.2 Å². The van der Waals surface area contributed by atoms with E-state index < -0.39 is 0 Å². The van der Waals surface area contributed by atoms with Crippen LogP contribution in [0.4, 0.5) is 4.79 Å². The second-order valence-electron chi connectivity index (χ2n) is 5.21. The molecule has 1 atom stereocenters. The molecule has 0 radical (unpaired) electrons. The van der Waals surface area contributed by atoms with Crippen LogP contribution in [-0.2, 0) is 6.42 Å². The fourth-order valence-corrected chi connectivity index (χ4v) is 3.10. The lowest BCUT2D eigenvalue weighted by Gasteiger charge is -2.36. The number of benzene rings is 2. The van der Waals surface area contributed by atoms with E-state index in [0.29, 0.717) is 6.54 Å². The van der Waals surface area contributed by atoms with Gasteiger partial charge in [0.05, 0.1) is 6.04 Å². The first-order chi connectivity index (χ1) is 9.66. The summed E-state index contributed by atoms with van der Waals surface area (Å²) in [6.07, 6.45) is 0.859. The molecule has 1 heterocycles. The number of amides is 1. The number of rotatable bonds is 1. The molecule has 3 heteroatoms. The molecule has 1 amide bonds. The molecule has 0 aliphatic carbocycles. The number of carbonyl (C=O) groups is 1. The topological polar surface area (TPSA) is 20.3 Å². The highest BCUT2D eigenvalue weighted by Gasteiger charge is 2.31. The fourth-order valence-electron chi connectivity index (χ4n) is 2.92. The normalized spacial score (nSPS) is 17.7. The van der Waals surface area contributed by atoms with Crippen LogP contribution >= 0.6 is 11.6 Å². The lowest BCUT2D eigenvalue weighted by atomic mass is 9.87. The van der Waals surface area contributed by atoms with Gasteiger partial charge in [-0.1, -0.05) is 54.1 Å². The second kappa shape index (κ2) is 5.29. The summed E-state index contributed by atoms with van der Waals surface area (Å²) in [5.41, 5.74) is 4.80. The fraction of sp³-hybridized carbons (Fsp3) is 0.235. The Balaban J connectivity index is 2.15. The highest BCUT2D eigenvalue weighted by atomic mass is 35.5. The molecule has 1 aliphatic heterocycles. The first kappa shape index (κ1) is 13.2. The molecule has 0 fully saturated rings. The summed E-state index contributed by atoms with van der Waals surface area (Å²) in [7, 11) is 0. The molecule has 0 bridgehead atoms. The molecule has 0 N–H and O–H groups in total. The highest BCUT2D eigenvalue weighted by Crippen LogP contribution is 2.36. The highest BCUT2D eigenvalue weighted by molar-refractivity contribution is 6.62. The SMILES string of the molecule is Cc1ccc2c(c1)C(c1ccccc1)N(C(=O)Cl)CC2. The van der Waals surface area contributed by atoms with E-state index in [4.69, 9.17) is 11.6 Å². The maximum Gasteiger partial charge on any atom is 0.317 e. The summed E-state index contributed by atoms with van der Waals surface area (Å²) in [5, 5.41) is -0.383. The predicted molar refractivity (Wildman–Crippen MR) is 81.1 cm³/mol. The first-order valence-corrected chi connectivity index (χ1v) is 7.15. The Bertz CT molecular complexity index is 639. The Morgan fingerprint density at radius 1 is 1.20 bits per heavy atom. The molecule has 2 aromatic carbocycles. The molecule has 20 heavy (non-hydrogen) atoms. The minimum Gasteiger partial charge on any atom is -0.318 e. The van der Waals surface area contributed by atoms with E-state index in [2.05, 4.69) is 37.3 Å². The van der Waals surface area contributed by atoms with Crippen LogP contribution in [0.3, 0.4) is 0 Å². The zero-order valence-corrected chi connectivity index (χ0v) is 12.1. The van der Waals surface area contributed by atoms with Crippen LogP contribution in [0.15, 0.2) is 48.5 Å². The van der Waals surface area contributed by atoms with Crippen LogP contribution in [0.5, 0.6) is 0 Å². The van der Waals surface area contributed by atoms with Crippen molar-refractivity contribution in [3.05, 3.63) is 70.8 Å². The number of nitrogens with zero attached hydrogens (tertiary/aromatic N) is 1. The first-order valence-electron chi connectivity index (χ1n) is 6.77. The Morgan fingerprint density at radius 2 is 1.95 bits per heavy atom. The molecule has 1 unspecified atom stereocenters. The lowest BCUT2D eigenvalue weighted by Crippen LogP contribution is -2.37. The summed E-state index contributed by atoms with van der Waals surface area (Å²) in [6.45, 7) is 2.74. The molecule has 1 aliphatic rings. The number of aryl methyl sites for hydroxylation is 1. The number of halogens is 1. The quantitative estimate of drug-likeness (QED) is 0.565. The van der Waals surface area contributed by atoms with Gasteiger partial charge in [-0.05, 0) is 41.6 Å². The third-order valence-corrected chi connectivity index (χ3v) is 4.09. The number of carbonyl (C=O) groups excluding carboxylic acids is 1. The predicted octanol–water partition coefficient (Wildman–Crippen LogP) is 4.30.